The van der Waals surface area contributed by atoms with Gasteiger partial charge < -0.3 is 14.4 Å². The number of amides is 1. The van der Waals surface area contributed by atoms with E-state index in [4.69, 9.17) is 9.47 Å². The Morgan fingerprint density at radius 2 is 1.62 bits per heavy atom. The molecule has 34 heavy (non-hydrogen) atoms. The summed E-state index contributed by atoms with van der Waals surface area (Å²) in [6, 6.07) is 17.4. The van der Waals surface area contributed by atoms with E-state index in [0.717, 1.165) is 11.1 Å². The number of para-hydroxylation sites is 1. The maximum absolute atomic E-state index is 13.2. The summed E-state index contributed by atoms with van der Waals surface area (Å²) in [5.41, 5.74) is 3.36. The van der Waals surface area contributed by atoms with E-state index in [1.165, 1.54) is 12.1 Å². The van der Waals surface area contributed by atoms with Crippen molar-refractivity contribution in [2.75, 3.05) is 32.5 Å². The molecule has 3 rings (SSSR count). The van der Waals surface area contributed by atoms with Crippen LogP contribution in [0.5, 0.6) is 11.5 Å². The molecule has 0 aliphatic rings. The molecule has 0 saturated carbocycles. The van der Waals surface area contributed by atoms with Crippen molar-refractivity contribution in [3.8, 4) is 11.5 Å². The van der Waals surface area contributed by atoms with Crippen molar-refractivity contribution in [1.82, 2.24) is 4.90 Å². The topological polar surface area (TPSA) is 84.9 Å². The largest absolute Gasteiger partial charge is 0.493 e. The molecule has 0 unspecified atom stereocenters. The van der Waals surface area contributed by atoms with Crippen LogP contribution in [0, 0.1) is 13.8 Å². The zero-order chi connectivity index (χ0) is 24.9. The van der Waals surface area contributed by atoms with Gasteiger partial charge >= 0.3 is 0 Å². The summed E-state index contributed by atoms with van der Waals surface area (Å²) in [5, 5.41) is 0. The monoisotopic (exact) mass is 482 g/mol. The standard InChI is InChI=1S/C26H30N2O5S/c1-18-10-12-21(34(30,31)27-23-9-7-6-8-19(23)2)17-22(18)26(29)28(3)15-14-20-11-13-24(32-4)25(16-20)33-5/h6-13,16-17,27H,14-15H2,1-5H3. The minimum atomic E-state index is -3.85. The summed E-state index contributed by atoms with van der Waals surface area (Å²) in [6.45, 7) is 4.07. The fraction of sp³-hybridized carbons (Fsp3) is 0.269. The molecule has 0 fully saturated rings. The summed E-state index contributed by atoms with van der Waals surface area (Å²) in [4.78, 5) is 14.8. The van der Waals surface area contributed by atoms with Crippen LogP contribution < -0.4 is 14.2 Å². The van der Waals surface area contributed by atoms with Gasteiger partial charge in [0.25, 0.3) is 15.9 Å². The zero-order valence-corrected chi connectivity index (χ0v) is 20.9. The minimum absolute atomic E-state index is 0.0398. The average Bonchev–Trinajstić information content (AvgIpc) is 2.83. The van der Waals surface area contributed by atoms with E-state index in [0.29, 0.717) is 41.3 Å². The number of nitrogens with one attached hydrogen (secondary N) is 1. The van der Waals surface area contributed by atoms with Gasteiger partial charge in [0.1, 0.15) is 0 Å². The number of aryl methyl sites for hydroxylation is 2. The second-order valence-electron chi connectivity index (χ2n) is 8.06. The summed E-state index contributed by atoms with van der Waals surface area (Å²) in [5.74, 6) is 1.03. The number of nitrogens with zero attached hydrogens (tertiary/aromatic N) is 1. The molecular weight excluding hydrogens is 452 g/mol. The Morgan fingerprint density at radius 3 is 2.29 bits per heavy atom. The lowest BCUT2D eigenvalue weighted by atomic mass is 10.1. The number of hydrogen-bond donors (Lipinski definition) is 1. The highest BCUT2D eigenvalue weighted by molar-refractivity contribution is 7.92. The van der Waals surface area contributed by atoms with Crippen molar-refractivity contribution >= 4 is 21.6 Å². The first-order valence-corrected chi connectivity index (χ1v) is 12.3. The van der Waals surface area contributed by atoms with Crippen LogP contribution >= 0.6 is 0 Å². The van der Waals surface area contributed by atoms with Crippen LogP contribution in [0.1, 0.15) is 27.0 Å². The fourth-order valence-electron chi connectivity index (χ4n) is 3.53. The molecule has 1 amide bonds. The first-order valence-electron chi connectivity index (χ1n) is 10.8. The Bertz CT molecular complexity index is 1290. The molecular formula is C26H30N2O5S. The average molecular weight is 483 g/mol. The molecule has 180 valence electrons. The van der Waals surface area contributed by atoms with Gasteiger partial charge in [0.2, 0.25) is 0 Å². The summed E-state index contributed by atoms with van der Waals surface area (Å²) in [6.07, 6.45) is 0.606. The lowest BCUT2D eigenvalue weighted by Gasteiger charge is -2.19. The number of hydrogen-bond acceptors (Lipinski definition) is 5. The van der Waals surface area contributed by atoms with E-state index in [1.807, 2.05) is 37.3 Å². The van der Waals surface area contributed by atoms with Gasteiger partial charge in [0, 0.05) is 19.2 Å². The van der Waals surface area contributed by atoms with Gasteiger partial charge in [0.05, 0.1) is 24.8 Å². The molecule has 0 heterocycles. The van der Waals surface area contributed by atoms with Gasteiger partial charge in [-0.05, 0) is 67.3 Å². The van der Waals surface area contributed by atoms with Crippen molar-refractivity contribution in [3.05, 3.63) is 82.9 Å². The van der Waals surface area contributed by atoms with Crippen molar-refractivity contribution in [2.45, 2.75) is 25.2 Å². The van der Waals surface area contributed by atoms with E-state index in [-0.39, 0.29) is 10.8 Å². The highest BCUT2D eigenvalue weighted by atomic mass is 32.2. The first-order chi connectivity index (χ1) is 16.2. The Kier molecular flexibility index (Phi) is 7.83. The third-order valence-corrected chi connectivity index (χ3v) is 7.03. The molecule has 0 radical (unpaired) electrons. The van der Waals surface area contributed by atoms with Crippen LogP contribution in [0.4, 0.5) is 5.69 Å². The van der Waals surface area contributed by atoms with Crippen LogP contribution in [0.2, 0.25) is 0 Å². The molecule has 0 atom stereocenters. The predicted molar refractivity (Wildman–Crippen MR) is 133 cm³/mol. The molecule has 0 spiro atoms. The van der Waals surface area contributed by atoms with E-state index >= 15 is 0 Å². The van der Waals surface area contributed by atoms with Gasteiger partial charge in [-0.3, -0.25) is 9.52 Å². The van der Waals surface area contributed by atoms with Crippen LogP contribution in [0.15, 0.2) is 65.6 Å². The molecule has 3 aromatic carbocycles. The molecule has 8 heteroatoms. The molecule has 1 N–H and O–H groups in total. The quantitative estimate of drug-likeness (QED) is 0.488. The zero-order valence-electron chi connectivity index (χ0n) is 20.1. The number of benzene rings is 3. The number of methoxy groups -OCH3 is 2. The highest BCUT2D eigenvalue weighted by Crippen LogP contribution is 2.28. The van der Waals surface area contributed by atoms with Gasteiger partial charge in [-0.1, -0.05) is 30.3 Å². The number of rotatable bonds is 9. The molecule has 0 aliphatic carbocycles. The molecule has 0 aromatic heterocycles. The van der Waals surface area contributed by atoms with Crippen LogP contribution in [-0.2, 0) is 16.4 Å². The molecule has 0 saturated heterocycles. The lowest BCUT2D eigenvalue weighted by Crippen LogP contribution is -2.29. The Hall–Kier alpha value is -3.52. The van der Waals surface area contributed by atoms with Gasteiger partial charge in [-0.15, -0.1) is 0 Å². The number of ether oxygens (including phenoxy) is 2. The van der Waals surface area contributed by atoms with E-state index in [2.05, 4.69) is 4.72 Å². The number of carbonyl (C=O) groups excluding carboxylic acids is 1. The van der Waals surface area contributed by atoms with E-state index in [1.54, 1.807) is 51.3 Å². The van der Waals surface area contributed by atoms with E-state index in [9.17, 15) is 13.2 Å². The third kappa shape index (κ3) is 5.69. The van der Waals surface area contributed by atoms with Gasteiger partial charge in [0.15, 0.2) is 11.5 Å². The second kappa shape index (κ2) is 10.6. The Morgan fingerprint density at radius 1 is 0.912 bits per heavy atom. The predicted octanol–water partition coefficient (Wildman–Crippen LogP) is 4.44. The highest BCUT2D eigenvalue weighted by Gasteiger charge is 2.21. The van der Waals surface area contributed by atoms with Crippen molar-refractivity contribution in [1.29, 1.82) is 0 Å². The lowest BCUT2D eigenvalue weighted by molar-refractivity contribution is 0.0795. The van der Waals surface area contributed by atoms with Crippen LogP contribution in [0.25, 0.3) is 0 Å². The number of likely N-dealkylation sites (N-methyl/N-ethyl adjacent to an activating group) is 1. The minimum Gasteiger partial charge on any atom is -0.493 e. The number of anilines is 1. The summed E-state index contributed by atoms with van der Waals surface area (Å²) >= 11 is 0. The van der Waals surface area contributed by atoms with Crippen LogP contribution in [0.3, 0.4) is 0 Å². The summed E-state index contributed by atoms with van der Waals surface area (Å²) < 4.78 is 39.2. The second-order valence-corrected chi connectivity index (χ2v) is 9.75. The maximum Gasteiger partial charge on any atom is 0.261 e. The van der Waals surface area contributed by atoms with Crippen molar-refractivity contribution < 1.29 is 22.7 Å². The molecule has 7 nitrogen and oxygen atoms in total. The fourth-order valence-corrected chi connectivity index (χ4v) is 4.69. The number of carbonyl (C=O) groups is 1. The smallest absolute Gasteiger partial charge is 0.261 e. The van der Waals surface area contributed by atoms with Crippen molar-refractivity contribution in [2.24, 2.45) is 0 Å². The third-order valence-electron chi connectivity index (χ3n) is 5.67. The summed E-state index contributed by atoms with van der Waals surface area (Å²) in [7, 11) is 1.01. The molecule has 0 aliphatic heterocycles. The maximum atomic E-state index is 13.2. The molecule has 3 aromatic rings. The number of sulfonamides is 1. The van der Waals surface area contributed by atoms with Crippen LogP contribution in [-0.4, -0.2) is 47.0 Å². The Balaban J connectivity index is 1.77. The van der Waals surface area contributed by atoms with Crippen molar-refractivity contribution in [3.63, 3.8) is 0 Å². The molecule has 0 bridgehead atoms. The normalized spacial score (nSPS) is 11.1. The van der Waals surface area contributed by atoms with Gasteiger partial charge in [-0.25, -0.2) is 8.42 Å². The van der Waals surface area contributed by atoms with E-state index < -0.39 is 10.0 Å². The van der Waals surface area contributed by atoms with Gasteiger partial charge in [-0.2, -0.15) is 0 Å². The SMILES string of the molecule is COc1ccc(CCN(C)C(=O)c2cc(S(=O)(=O)Nc3ccccc3C)ccc2C)cc1OC. The Labute approximate surface area is 201 Å². The first kappa shape index (κ1) is 25.1.